The highest BCUT2D eigenvalue weighted by atomic mass is 16.5. The molecule has 0 unspecified atom stereocenters. The first-order valence-electron chi connectivity index (χ1n) is 9.47. The normalized spacial score (nSPS) is 16.7. The molecule has 0 saturated carbocycles. The summed E-state index contributed by atoms with van der Waals surface area (Å²) in [5.41, 5.74) is 2.50. The standard InChI is InChI=1S/C22H28N2O2/c1-18-9-11-20(12-10-18)26-16-6-5-14-23-22(25)21-13-15-24(21)17-19-7-3-2-4-8-19/h2-4,7-12,21H,5-6,13-17H2,1H3,(H,23,25)/t21-/m1/s1. The van der Waals surface area contributed by atoms with Gasteiger partial charge < -0.3 is 10.1 Å². The lowest BCUT2D eigenvalue weighted by Gasteiger charge is -2.39. The fraction of sp³-hybridized carbons (Fsp3) is 0.409. The summed E-state index contributed by atoms with van der Waals surface area (Å²) in [5, 5.41) is 3.07. The molecular formula is C22H28N2O2. The summed E-state index contributed by atoms with van der Waals surface area (Å²) in [5.74, 6) is 1.07. The molecule has 0 aromatic heterocycles. The number of benzene rings is 2. The fourth-order valence-corrected chi connectivity index (χ4v) is 3.13. The molecule has 1 amide bonds. The van der Waals surface area contributed by atoms with E-state index in [9.17, 15) is 4.79 Å². The van der Waals surface area contributed by atoms with Gasteiger partial charge in [0.1, 0.15) is 5.75 Å². The van der Waals surface area contributed by atoms with Crippen LogP contribution in [0.4, 0.5) is 0 Å². The van der Waals surface area contributed by atoms with Gasteiger partial charge in [-0.05, 0) is 43.9 Å². The Labute approximate surface area is 156 Å². The zero-order chi connectivity index (χ0) is 18.2. The summed E-state index contributed by atoms with van der Waals surface area (Å²) in [4.78, 5) is 14.6. The molecule has 1 fully saturated rings. The van der Waals surface area contributed by atoms with E-state index in [0.29, 0.717) is 13.2 Å². The Morgan fingerprint density at radius 2 is 1.88 bits per heavy atom. The Morgan fingerprint density at radius 1 is 1.12 bits per heavy atom. The van der Waals surface area contributed by atoms with Crippen LogP contribution in [0.1, 0.15) is 30.4 Å². The number of likely N-dealkylation sites (tertiary alicyclic amines) is 1. The molecule has 4 nitrogen and oxygen atoms in total. The van der Waals surface area contributed by atoms with E-state index in [1.807, 2.05) is 30.3 Å². The van der Waals surface area contributed by atoms with Crippen molar-refractivity contribution in [3.05, 3.63) is 65.7 Å². The van der Waals surface area contributed by atoms with Crippen LogP contribution < -0.4 is 10.1 Å². The van der Waals surface area contributed by atoms with Gasteiger partial charge in [0.05, 0.1) is 12.6 Å². The second-order valence-corrected chi connectivity index (χ2v) is 6.92. The molecule has 0 spiro atoms. The van der Waals surface area contributed by atoms with Gasteiger partial charge in [0.25, 0.3) is 0 Å². The first kappa shape index (κ1) is 18.5. The Bertz CT molecular complexity index is 685. The highest BCUT2D eigenvalue weighted by Crippen LogP contribution is 2.20. The third-order valence-corrected chi connectivity index (χ3v) is 4.82. The van der Waals surface area contributed by atoms with Crippen molar-refractivity contribution in [2.45, 2.75) is 38.8 Å². The van der Waals surface area contributed by atoms with Crippen LogP contribution in [0.5, 0.6) is 5.75 Å². The third kappa shape index (κ3) is 5.33. The second-order valence-electron chi connectivity index (χ2n) is 6.92. The number of unbranched alkanes of at least 4 members (excludes halogenated alkanes) is 1. The lowest BCUT2D eigenvalue weighted by Crippen LogP contribution is -2.55. The van der Waals surface area contributed by atoms with Crippen LogP contribution in [0.2, 0.25) is 0 Å². The van der Waals surface area contributed by atoms with Crippen molar-refractivity contribution in [3.63, 3.8) is 0 Å². The number of nitrogens with one attached hydrogen (secondary N) is 1. The van der Waals surface area contributed by atoms with Gasteiger partial charge in [-0.1, -0.05) is 48.0 Å². The molecule has 0 bridgehead atoms. The maximum atomic E-state index is 12.3. The minimum absolute atomic E-state index is 0.0269. The lowest BCUT2D eigenvalue weighted by molar-refractivity contribution is -0.131. The predicted molar refractivity (Wildman–Crippen MR) is 104 cm³/mol. The van der Waals surface area contributed by atoms with E-state index in [-0.39, 0.29) is 11.9 Å². The van der Waals surface area contributed by atoms with Gasteiger partial charge in [0, 0.05) is 19.6 Å². The number of aryl methyl sites for hydroxylation is 1. The average molecular weight is 352 g/mol. The van der Waals surface area contributed by atoms with Gasteiger partial charge in [-0.15, -0.1) is 0 Å². The van der Waals surface area contributed by atoms with Gasteiger partial charge in [-0.2, -0.15) is 0 Å². The highest BCUT2D eigenvalue weighted by Gasteiger charge is 2.33. The molecule has 0 aliphatic carbocycles. The van der Waals surface area contributed by atoms with E-state index in [0.717, 1.165) is 38.1 Å². The number of carbonyl (C=O) groups is 1. The van der Waals surface area contributed by atoms with E-state index < -0.39 is 0 Å². The van der Waals surface area contributed by atoms with Gasteiger partial charge in [0.15, 0.2) is 0 Å². The van der Waals surface area contributed by atoms with E-state index in [1.165, 1.54) is 11.1 Å². The topological polar surface area (TPSA) is 41.6 Å². The number of hydrogen-bond acceptors (Lipinski definition) is 3. The number of nitrogens with zero attached hydrogens (tertiary/aromatic N) is 1. The van der Waals surface area contributed by atoms with Gasteiger partial charge >= 0.3 is 0 Å². The summed E-state index contributed by atoms with van der Waals surface area (Å²) in [6.07, 6.45) is 2.82. The van der Waals surface area contributed by atoms with E-state index in [1.54, 1.807) is 0 Å². The number of rotatable bonds is 9. The second kappa shape index (κ2) is 9.39. The maximum Gasteiger partial charge on any atom is 0.237 e. The van der Waals surface area contributed by atoms with Crippen molar-refractivity contribution in [1.82, 2.24) is 10.2 Å². The molecular weight excluding hydrogens is 324 g/mol. The minimum atomic E-state index is 0.0269. The molecule has 138 valence electrons. The van der Waals surface area contributed by atoms with Crippen molar-refractivity contribution in [2.24, 2.45) is 0 Å². The van der Waals surface area contributed by atoms with Crippen LogP contribution in [0.25, 0.3) is 0 Å². The van der Waals surface area contributed by atoms with Crippen molar-refractivity contribution in [3.8, 4) is 5.75 Å². The molecule has 1 aliphatic heterocycles. The third-order valence-electron chi connectivity index (χ3n) is 4.82. The molecule has 1 aliphatic rings. The van der Waals surface area contributed by atoms with E-state index in [4.69, 9.17) is 4.74 Å². The van der Waals surface area contributed by atoms with Crippen molar-refractivity contribution >= 4 is 5.91 Å². The molecule has 0 radical (unpaired) electrons. The number of amides is 1. The lowest BCUT2D eigenvalue weighted by atomic mass is 10.0. The van der Waals surface area contributed by atoms with Gasteiger partial charge in [-0.3, -0.25) is 9.69 Å². The van der Waals surface area contributed by atoms with Crippen molar-refractivity contribution < 1.29 is 9.53 Å². The van der Waals surface area contributed by atoms with Crippen LogP contribution >= 0.6 is 0 Å². The van der Waals surface area contributed by atoms with Gasteiger partial charge in [0.2, 0.25) is 5.91 Å². The molecule has 1 heterocycles. The number of carbonyl (C=O) groups excluding carboxylic acids is 1. The maximum absolute atomic E-state index is 12.3. The molecule has 1 N–H and O–H groups in total. The molecule has 2 aromatic rings. The zero-order valence-electron chi connectivity index (χ0n) is 15.5. The van der Waals surface area contributed by atoms with Crippen LogP contribution in [-0.2, 0) is 11.3 Å². The first-order chi connectivity index (χ1) is 12.7. The van der Waals surface area contributed by atoms with Crippen LogP contribution in [0, 0.1) is 6.92 Å². The van der Waals surface area contributed by atoms with E-state index >= 15 is 0 Å². The quantitative estimate of drug-likeness (QED) is 0.702. The van der Waals surface area contributed by atoms with Crippen molar-refractivity contribution in [2.75, 3.05) is 19.7 Å². The van der Waals surface area contributed by atoms with Crippen molar-refractivity contribution in [1.29, 1.82) is 0 Å². The molecule has 1 atom stereocenters. The summed E-state index contributed by atoms with van der Waals surface area (Å²) < 4.78 is 5.71. The summed E-state index contributed by atoms with van der Waals surface area (Å²) >= 11 is 0. The Morgan fingerprint density at radius 3 is 2.58 bits per heavy atom. The zero-order valence-corrected chi connectivity index (χ0v) is 15.5. The molecule has 3 rings (SSSR count). The highest BCUT2D eigenvalue weighted by molar-refractivity contribution is 5.82. The molecule has 4 heteroatoms. The molecule has 1 saturated heterocycles. The Balaban J connectivity index is 1.28. The minimum Gasteiger partial charge on any atom is -0.494 e. The predicted octanol–water partition coefficient (Wildman–Crippen LogP) is 3.54. The number of hydrogen-bond donors (Lipinski definition) is 1. The Kier molecular flexibility index (Phi) is 6.67. The first-order valence-corrected chi connectivity index (χ1v) is 9.47. The van der Waals surface area contributed by atoms with Crippen LogP contribution in [0.3, 0.4) is 0 Å². The molecule has 2 aromatic carbocycles. The van der Waals surface area contributed by atoms with Gasteiger partial charge in [-0.25, -0.2) is 0 Å². The molecule has 26 heavy (non-hydrogen) atoms. The van der Waals surface area contributed by atoms with Crippen LogP contribution in [0.15, 0.2) is 54.6 Å². The van der Waals surface area contributed by atoms with E-state index in [2.05, 4.69) is 41.4 Å². The number of ether oxygens (including phenoxy) is 1. The van der Waals surface area contributed by atoms with Crippen LogP contribution in [-0.4, -0.2) is 36.5 Å². The monoisotopic (exact) mass is 352 g/mol. The summed E-state index contributed by atoms with van der Waals surface area (Å²) in [6.45, 7) is 5.31. The smallest absolute Gasteiger partial charge is 0.237 e. The summed E-state index contributed by atoms with van der Waals surface area (Å²) in [7, 11) is 0. The SMILES string of the molecule is Cc1ccc(OCCCCNC(=O)[C@H]2CCN2Cc2ccccc2)cc1. The largest absolute Gasteiger partial charge is 0.494 e. The summed E-state index contributed by atoms with van der Waals surface area (Å²) in [6, 6.07) is 18.5. The fourth-order valence-electron chi connectivity index (χ4n) is 3.13. The average Bonchev–Trinajstić information content (AvgIpc) is 2.64. The Hall–Kier alpha value is -2.33.